The molecular weight excluding hydrogens is 466 g/mol. The van der Waals surface area contributed by atoms with Crippen molar-refractivity contribution in [2.45, 2.75) is 76.9 Å². The molecule has 1 saturated heterocycles. The van der Waals surface area contributed by atoms with Gasteiger partial charge < -0.3 is 24.1 Å². The fraction of sp³-hybridized carbons (Fsp3) is 0.615. The number of methoxy groups -OCH3 is 1. The highest BCUT2D eigenvalue weighted by Crippen LogP contribution is 2.47. The number of ether oxygens (including phenoxy) is 2. The van der Waals surface area contributed by atoms with Gasteiger partial charge in [0.25, 0.3) is 0 Å². The van der Waals surface area contributed by atoms with E-state index >= 15 is 0 Å². The van der Waals surface area contributed by atoms with Crippen molar-refractivity contribution < 1.29 is 33.7 Å². The second-order valence-electron chi connectivity index (χ2n) is 10.8. The quantitative estimate of drug-likeness (QED) is 0.222. The van der Waals surface area contributed by atoms with E-state index in [9.17, 15) is 19.8 Å². The fourth-order valence-corrected chi connectivity index (χ4v) is 5.60. The minimum absolute atomic E-state index is 0.0145. The van der Waals surface area contributed by atoms with Crippen molar-refractivity contribution >= 4 is 20.4 Å². The third kappa shape index (κ3) is 6.65. The van der Waals surface area contributed by atoms with Crippen LogP contribution in [0.15, 0.2) is 36.9 Å². The van der Waals surface area contributed by atoms with Gasteiger partial charge in [-0.3, -0.25) is 4.90 Å². The number of hydrogen-bond donors (Lipinski definition) is 2. The number of allylic oxidation sites excluding steroid dienone is 1. The fourth-order valence-electron chi connectivity index (χ4n) is 4.51. The number of aliphatic carboxylic acids is 1. The smallest absolute Gasteiger partial charge is 0.408 e. The Balaban J connectivity index is 2.28. The molecule has 1 unspecified atom stereocenters. The number of carboxylic acids is 1. The van der Waals surface area contributed by atoms with Crippen molar-refractivity contribution in [3.8, 4) is 5.75 Å². The molecule has 0 saturated carbocycles. The van der Waals surface area contributed by atoms with Crippen LogP contribution in [0.1, 0.15) is 45.6 Å². The van der Waals surface area contributed by atoms with E-state index in [0.717, 1.165) is 16.2 Å². The van der Waals surface area contributed by atoms with Gasteiger partial charge in [-0.05, 0) is 55.1 Å². The summed E-state index contributed by atoms with van der Waals surface area (Å²) in [6.07, 6.45) is 1.16. The molecule has 0 aliphatic carbocycles. The van der Waals surface area contributed by atoms with Gasteiger partial charge in [0.05, 0.1) is 26.4 Å². The highest BCUT2D eigenvalue weighted by atomic mass is 28.4. The van der Waals surface area contributed by atoms with Crippen LogP contribution in [0.25, 0.3) is 0 Å². The summed E-state index contributed by atoms with van der Waals surface area (Å²) in [6, 6.07) is 6.17. The molecule has 1 amide bonds. The first-order chi connectivity index (χ1) is 16.3. The first-order valence-corrected chi connectivity index (χ1v) is 14.9. The molecule has 1 aliphatic rings. The maximum atomic E-state index is 12.4. The van der Waals surface area contributed by atoms with E-state index in [0.29, 0.717) is 25.9 Å². The van der Waals surface area contributed by atoms with Crippen molar-refractivity contribution in [2.24, 2.45) is 5.41 Å². The number of rotatable bonds is 12. The lowest BCUT2D eigenvalue weighted by Gasteiger charge is -2.39. The molecule has 9 heteroatoms. The Labute approximate surface area is 210 Å². The van der Waals surface area contributed by atoms with E-state index < -0.39 is 37.9 Å². The molecule has 2 N–H and O–H groups in total. The second-order valence-corrected chi connectivity index (χ2v) is 15.6. The number of hydrogen-bond acceptors (Lipinski definition) is 5. The zero-order chi connectivity index (χ0) is 26.4. The summed E-state index contributed by atoms with van der Waals surface area (Å²) in [5, 5.41) is 20.0. The number of carboxylic acid groups (broad SMARTS) is 2. The van der Waals surface area contributed by atoms with Crippen LogP contribution in [0, 0.1) is 5.41 Å². The normalized spacial score (nSPS) is 22.7. The predicted octanol–water partition coefficient (Wildman–Crippen LogP) is 5.39. The predicted molar refractivity (Wildman–Crippen MR) is 137 cm³/mol. The SMILES string of the molecule is C=CC[C@]1(CCCO[Si](C)(C)C(C)(C)C)C(OCc2ccc(OC)cc2)CN(C(=O)O)[C@@H]1C(=O)O. The minimum Gasteiger partial charge on any atom is -0.497 e. The third-order valence-corrected chi connectivity index (χ3v) is 12.1. The zero-order valence-corrected chi connectivity index (χ0v) is 22.9. The first-order valence-electron chi connectivity index (χ1n) is 12.0. The summed E-state index contributed by atoms with van der Waals surface area (Å²) in [7, 11) is -0.369. The molecule has 0 aromatic heterocycles. The van der Waals surface area contributed by atoms with Gasteiger partial charge in [-0.15, -0.1) is 6.58 Å². The van der Waals surface area contributed by atoms with Crippen LogP contribution in [-0.4, -0.2) is 67.9 Å². The lowest BCUT2D eigenvalue weighted by atomic mass is 9.71. The highest BCUT2D eigenvalue weighted by molar-refractivity contribution is 6.74. The van der Waals surface area contributed by atoms with Gasteiger partial charge in [0.15, 0.2) is 8.32 Å². The van der Waals surface area contributed by atoms with Crippen molar-refractivity contribution in [1.82, 2.24) is 4.90 Å². The summed E-state index contributed by atoms with van der Waals surface area (Å²) in [6.45, 7) is 15.4. The van der Waals surface area contributed by atoms with Crippen molar-refractivity contribution in [2.75, 3.05) is 20.3 Å². The molecular formula is C26H41NO7Si. The van der Waals surface area contributed by atoms with Gasteiger partial charge in [0.1, 0.15) is 11.8 Å². The van der Waals surface area contributed by atoms with Crippen LogP contribution in [-0.2, 0) is 20.6 Å². The molecule has 1 fully saturated rings. The number of likely N-dealkylation sites (tertiary alicyclic amines) is 1. The summed E-state index contributed by atoms with van der Waals surface area (Å²) in [5.74, 6) is -0.449. The average molecular weight is 508 g/mol. The van der Waals surface area contributed by atoms with Crippen LogP contribution >= 0.6 is 0 Å². The van der Waals surface area contributed by atoms with Gasteiger partial charge in [-0.1, -0.05) is 39.0 Å². The molecule has 3 atom stereocenters. The summed E-state index contributed by atoms with van der Waals surface area (Å²) in [5.41, 5.74) is -0.0601. The Morgan fingerprint density at radius 3 is 2.34 bits per heavy atom. The third-order valence-electron chi connectivity index (χ3n) is 7.53. The number of amides is 1. The van der Waals surface area contributed by atoms with E-state index in [1.165, 1.54) is 0 Å². The van der Waals surface area contributed by atoms with Gasteiger partial charge in [-0.25, -0.2) is 9.59 Å². The van der Waals surface area contributed by atoms with Gasteiger partial charge in [0.2, 0.25) is 0 Å². The molecule has 8 nitrogen and oxygen atoms in total. The van der Waals surface area contributed by atoms with E-state index in [-0.39, 0.29) is 18.2 Å². The molecule has 1 aliphatic heterocycles. The molecule has 1 aromatic rings. The van der Waals surface area contributed by atoms with E-state index in [4.69, 9.17) is 13.9 Å². The maximum absolute atomic E-state index is 12.4. The van der Waals surface area contributed by atoms with E-state index in [2.05, 4.69) is 40.4 Å². The number of benzene rings is 1. The van der Waals surface area contributed by atoms with Gasteiger partial charge in [-0.2, -0.15) is 0 Å². The molecule has 35 heavy (non-hydrogen) atoms. The largest absolute Gasteiger partial charge is 0.497 e. The monoisotopic (exact) mass is 507 g/mol. The molecule has 0 bridgehead atoms. The van der Waals surface area contributed by atoms with Crippen molar-refractivity contribution in [3.05, 3.63) is 42.5 Å². The summed E-state index contributed by atoms with van der Waals surface area (Å²) >= 11 is 0. The summed E-state index contributed by atoms with van der Waals surface area (Å²) < 4.78 is 17.8. The van der Waals surface area contributed by atoms with Crippen LogP contribution in [0.5, 0.6) is 5.75 Å². The number of carbonyl (C=O) groups is 2. The van der Waals surface area contributed by atoms with Gasteiger partial charge >= 0.3 is 12.1 Å². The molecule has 1 heterocycles. The van der Waals surface area contributed by atoms with Crippen LogP contribution in [0.4, 0.5) is 4.79 Å². The highest BCUT2D eigenvalue weighted by Gasteiger charge is 2.58. The molecule has 1 aromatic carbocycles. The van der Waals surface area contributed by atoms with Crippen LogP contribution < -0.4 is 4.74 Å². The summed E-state index contributed by atoms with van der Waals surface area (Å²) in [4.78, 5) is 25.4. The topological polar surface area (TPSA) is 106 Å². The van der Waals surface area contributed by atoms with E-state index in [1.807, 2.05) is 24.3 Å². The standard InChI is InChI=1S/C26H41NO7Si/c1-8-14-26(15-9-16-34-35(6,7)25(2,3)4)21(17-27(24(30)31)22(26)23(28)29)33-18-19-10-12-20(32-5)13-11-19/h8,10-13,21-22H,1,9,14-18H2,2-7H3,(H,28,29)(H,30,31)/t21?,22-,26+/m1/s1. The lowest BCUT2D eigenvalue weighted by molar-refractivity contribution is -0.147. The van der Waals surface area contributed by atoms with Crippen LogP contribution in [0.3, 0.4) is 0 Å². The van der Waals surface area contributed by atoms with Gasteiger partial charge in [0, 0.05) is 12.0 Å². The van der Waals surface area contributed by atoms with Crippen LogP contribution in [0.2, 0.25) is 18.1 Å². The molecule has 2 rings (SSSR count). The molecule has 0 spiro atoms. The molecule has 0 radical (unpaired) electrons. The zero-order valence-electron chi connectivity index (χ0n) is 21.9. The van der Waals surface area contributed by atoms with E-state index in [1.54, 1.807) is 13.2 Å². The number of nitrogens with zero attached hydrogens (tertiary/aromatic N) is 1. The Hall–Kier alpha value is -2.36. The van der Waals surface area contributed by atoms with Crippen molar-refractivity contribution in [3.63, 3.8) is 0 Å². The first kappa shape index (κ1) is 28.9. The Kier molecular flexibility index (Phi) is 9.55. The lowest BCUT2D eigenvalue weighted by Crippen LogP contribution is -2.49. The maximum Gasteiger partial charge on any atom is 0.408 e. The van der Waals surface area contributed by atoms with Crippen molar-refractivity contribution in [1.29, 1.82) is 0 Å². The average Bonchev–Trinajstić information content (AvgIpc) is 3.09. The minimum atomic E-state index is -1.96. The second kappa shape index (κ2) is 11.6. The Morgan fingerprint density at radius 2 is 1.86 bits per heavy atom. The molecule has 196 valence electrons. The Bertz CT molecular complexity index is 881. The Morgan fingerprint density at radius 1 is 1.23 bits per heavy atom.